The molecule has 0 bridgehead atoms. The van der Waals surface area contributed by atoms with Crippen molar-refractivity contribution in [1.29, 1.82) is 0 Å². The Morgan fingerprint density at radius 2 is 1.63 bits per heavy atom. The molecule has 0 aliphatic rings. The molecule has 0 unspecified atom stereocenters. The molecule has 1 aromatic heterocycles. The van der Waals surface area contributed by atoms with Crippen LogP contribution in [0.5, 0.6) is 5.75 Å². The molecule has 0 saturated heterocycles. The third-order valence-corrected chi connectivity index (χ3v) is 4.99. The highest BCUT2D eigenvalue weighted by Gasteiger charge is 2.05. The second kappa shape index (κ2) is 9.27. The summed E-state index contributed by atoms with van der Waals surface area (Å²) in [7, 11) is 0. The first kappa shape index (κ1) is 19.7. The Morgan fingerprint density at radius 1 is 0.933 bits per heavy atom. The molecule has 0 fully saturated rings. The maximum atomic E-state index is 12.2. The molecule has 1 N–H and O–H groups in total. The van der Waals surface area contributed by atoms with Crippen LogP contribution in [-0.2, 0) is 24.3 Å². The zero-order chi connectivity index (χ0) is 20.8. The van der Waals surface area contributed by atoms with Crippen LogP contribution >= 0.6 is 0 Å². The number of para-hydroxylation sites is 2. The zero-order valence-electron chi connectivity index (χ0n) is 17.0. The van der Waals surface area contributed by atoms with Gasteiger partial charge in [-0.05, 0) is 47.9 Å². The average molecular weight is 399 g/mol. The van der Waals surface area contributed by atoms with E-state index in [1.807, 2.05) is 55.7 Å². The van der Waals surface area contributed by atoms with E-state index < -0.39 is 0 Å². The van der Waals surface area contributed by atoms with Crippen molar-refractivity contribution in [3.63, 3.8) is 0 Å². The number of aromatic nitrogens is 2. The lowest BCUT2D eigenvalue weighted by Crippen LogP contribution is -2.24. The number of hydrogen-bond acceptors (Lipinski definition) is 3. The van der Waals surface area contributed by atoms with Crippen molar-refractivity contribution < 1.29 is 9.53 Å². The molecule has 1 heterocycles. The van der Waals surface area contributed by atoms with Crippen LogP contribution in [0.2, 0.25) is 0 Å². The predicted molar refractivity (Wildman–Crippen MR) is 118 cm³/mol. The molecule has 0 radical (unpaired) electrons. The molecule has 152 valence electrons. The number of benzene rings is 3. The summed E-state index contributed by atoms with van der Waals surface area (Å²) in [6.45, 7) is 3.88. The highest BCUT2D eigenvalue weighted by Crippen LogP contribution is 2.15. The van der Waals surface area contributed by atoms with Crippen molar-refractivity contribution in [3.05, 3.63) is 95.8 Å². The lowest BCUT2D eigenvalue weighted by molar-refractivity contribution is -0.120. The monoisotopic (exact) mass is 399 g/mol. The van der Waals surface area contributed by atoms with Gasteiger partial charge < -0.3 is 14.6 Å². The highest BCUT2D eigenvalue weighted by atomic mass is 16.5. The third-order valence-electron chi connectivity index (χ3n) is 4.99. The van der Waals surface area contributed by atoms with Gasteiger partial charge >= 0.3 is 0 Å². The smallest absolute Gasteiger partial charge is 0.224 e. The standard InChI is InChI=1S/C25H25N3O2/c1-2-30-22-13-11-19(12-14-22)15-25(29)26-16-20-7-9-21(10-8-20)17-28-18-27-23-5-3-4-6-24(23)28/h3-14,18H,2,15-17H2,1H3,(H,26,29). The van der Waals surface area contributed by atoms with Gasteiger partial charge in [0.25, 0.3) is 0 Å². The van der Waals surface area contributed by atoms with Crippen molar-refractivity contribution in [2.45, 2.75) is 26.4 Å². The molecule has 3 aromatic carbocycles. The Balaban J connectivity index is 1.29. The Labute approximate surface area is 176 Å². The number of rotatable bonds is 8. The summed E-state index contributed by atoms with van der Waals surface area (Å²) < 4.78 is 7.57. The van der Waals surface area contributed by atoms with E-state index in [0.717, 1.165) is 34.5 Å². The van der Waals surface area contributed by atoms with E-state index in [1.54, 1.807) is 0 Å². The number of amides is 1. The lowest BCUT2D eigenvalue weighted by atomic mass is 10.1. The molecule has 1 amide bonds. The van der Waals surface area contributed by atoms with Crippen LogP contribution in [-0.4, -0.2) is 22.1 Å². The number of carbonyl (C=O) groups excluding carboxylic acids is 1. The van der Waals surface area contributed by atoms with E-state index >= 15 is 0 Å². The summed E-state index contributed by atoms with van der Waals surface area (Å²) in [6, 6.07) is 24.1. The fourth-order valence-corrected chi connectivity index (χ4v) is 3.41. The first-order valence-corrected chi connectivity index (χ1v) is 10.2. The van der Waals surface area contributed by atoms with E-state index in [0.29, 0.717) is 19.6 Å². The molecular weight excluding hydrogens is 374 g/mol. The van der Waals surface area contributed by atoms with Crippen molar-refractivity contribution in [3.8, 4) is 5.75 Å². The second-order valence-corrected chi connectivity index (χ2v) is 7.21. The number of nitrogens with zero attached hydrogens (tertiary/aromatic N) is 2. The zero-order valence-corrected chi connectivity index (χ0v) is 17.0. The first-order chi connectivity index (χ1) is 14.7. The Kier molecular flexibility index (Phi) is 6.09. The van der Waals surface area contributed by atoms with Gasteiger partial charge in [-0.15, -0.1) is 0 Å². The lowest BCUT2D eigenvalue weighted by Gasteiger charge is -2.08. The van der Waals surface area contributed by atoms with Gasteiger partial charge in [-0.3, -0.25) is 4.79 Å². The van der Waals surface area contributed by atoms with Crippen molar-refractivity contribution >= 4 is 16.9 Å². The minimum Gasteiger partial charge on any atom is -0.494 e. The fraction of sp³-hybridized carbons (Fsp3) is 0.200. The summed E-state index contributed by atoms with van der Waals surface area (Å²) in [4.78, 5) is 16.7. The van der Waals surface area contributed by atoms with Gasteiger partial charge in [0.05, 0.1) is 30.4 Å². The fourth-order valence-electron chi connectivity index (χ4n) is 3.41. The van der Waals surface area contributed by atoms with E-state index in [4.69, 9.17) is 4.74 Å². The normalized spacial score (nSPS) is 10.8. The maximum absolute atomic E-state index is 12.2. The Morgan fingerprint density at radius 3 is 2.40 bits per heavy atom. The third kappa shape index (κ3) is 4.87. The topological polar surface area (TPSA) is 56.1 Å². The molecule has 30 heavy (non-hydrogen) atoms. The van der Waals surface area contributed by atoms with Gasteiger partial charge in [-0.25, -0.2) is 4.98 Å². The van der Waals surface area contributed by atoms with Crippen LogP contribution in [0.1, 0.15) is 23.6 Å². The van der Waals surface area contributed by atoms with Crippen LogP contribution in [0.4, 0.5) is 0 Å². The summed E-state index contributed by atoms with van der Waals surface area (Å²) in [5.41, 5.74) is 5.38. The van der Waals surface area contributed by atoms with E-state index in [2.05, 4.69) is 45.2 Å². The first-order valence-electron chi connectivity index (χ1n) is 10.2. The van der Waals surface area contributed by atoms with Gasteiger partial charge in [-0.2, -0.15) is 0 Å². The molecule has 0 spiro atoms. The van der Waals surface area contributed by atoms with Crippen LogP contribution in [0.25, 0.3) is 11.0 Å². The Hall–Kier alpha value is -3.60. The van der Waals surface area contributed by atoms with Crippen LogP contribution < -0.4 is 10.1 Å². The summed E-state index contributed by atoms with van der Waals surface area (Å²) >= 11 is 0. The molecule has 5 nitrogen and oxygen atoms in total. The van der Waals surface area contributed by atoms with Crippen LogP contribution in [0.15, 0.2) is 79.1 Å². The SMILES string of the molecule is CCOc1ccc(CC(=O)NCc2ccc(Cn3cnc4ccccc43)cc2)cc1. The quantitative estimate of drug-likeness (QED) is 0.479. The molecule has 0 aliphatic carbocycles. The van der Waals surface area contributed by atoms with Crippen molar-refractivity contribution in [2.24, 2.45) is 0 Å². The Bertz CT molecular complexity index is 1120. The van der Waals surface area contributed by atoms with Gasteiger partial charge in [0.15, 0.2) is 0 Å². The predicted octanol–water partition coefficient (Wildman–Crippen LogP) is 4.34. The molecule has 5 heteroatoms. The van der Waals surface area contributed by atoms with Gasteiger partial charge in [0, 0.05) is 13.1 Å². The summed E-state index contributed by atoms with van der Waals surface area (Å²) in [6.07, 6.45) is 2.23. The van der Waals surface area contributed by atoms with E-state index in [9.17, 15) is 4.79 Å². The number of imidazole rings is 1. The number of nitrogens with one attached hydrogen (secondary N) is 1. The minimum absolute atomic E-state index is 0.00752. The largest absolute Gasteiger partial charge is 0.494 e. The molecule has 4 rings (SSSR count). The van der Waals surface area contributed by atoms with Gasteiger partial charge in [0.1, 0.15) is 5.75 Å². The van der Waals surface area contributed by atoms with Crippen molar-refractivity contribution in [1.82, 2.24) is 14.9 Å². The molecule has 0 aliphatic heterocycles. The summed E-state index contributed by atoms with van der Waals surface area (Å²) in [5.74, 6) is 0.832. The number of hydrogen-bond donors (Lipinski definition) is 1. The number of fused-ring (bicyclic) bond motifs is 1. The van der Waals surface area contributed by atoms with Gasteiger partial charge in [-0.1, -0.05) is 48.5 Å². The van der Waals surface area contributed by atoms with Gasteiger partial charge in [0.2, 0.25) is 5.91 Å². The second-order valence-electron chi connectivity index (χ2n) is 7.21. The minimum atomic E-state index is 0.00752. The molecular formula is C25H25N3O2. The van der Waals surface area contributed by atoms with Crippen LogP contribution in [0.3, 0.4) is 0 Å². The summed E-state index contributed by atoms with van der Waals surface area (Å²) in [5, 5.41) is 2.99. The highest BCUT2D eigenvalue weighted by molar-refractivity contribution is 5.78. The van der Waals surface area contributed by atoms with E-state index in [1.165, 1.54) is 5.56 Å². The number of carbonyl (C=O) groups is 1. The average Bonchev–Trinajstić information content (AvgIpc) is 3.18. The molecule has 4 aromatic rings. The number of ether oxygens (including phenoxy) is 1. The maximum Gasteiger partial charge on any atom is 0.224 e. The van der Waals surface area contributed by atoms with E-state index in [-0.39, 0.29) is 5.91 Å². The van der Waals surface area contributed by atoms with Crippen LogP contribution in [0, 0.1) is 0 Å². The molecule has 0 atom stereocenters. The van der Waals surface area contributed by atoms with Crippen molar-refractivity contribution in [2.75, 3.05) is 6.61 Å². The molecule has 0 saturated carbocycles.